The Morgan fingerprint density at radius 2 is 1.67 bits per heavy atom. The normalized spacial score (nSPS) is 14.2. The Morgan fingerprint density at radius 1 is 1.07 bits per heavy atom. The maximum Gasteiger partial charge on any atom is 1.00 e. The van der Waals surface area contributed by atoms with Crippen LogP contribution in [0, 0.1) is 0 Å². The molecule has 0 fully saturated rings. The van der Waals surface area contributed by atoms with E-state index in [4.69, 9.17) is 0 Å². The Bertz CT molecular complexity index is 579. The average Bonchev–Trinajstić information content (AvgIpc) is 2.16. The van der Waals surface area contributed by atoms with Gasteiger partial charge >= 0.3 is 29.6 Å². The molecular weight excluding hydrogens is 239 g/mol. The quantitative estimate of drug-likeness (QED) is 0.611. The third-order valence-electron chi connectivity index (χ3n) is 2.01. The van der Waals surface area contributed by atoms with Gasteiger partial charge in [0.05, 0.1) is 0 Å². The summed E-state index contributed by atoms with van der Waals surface area (Å²) >= 11 is 4.39. The molecule has 5 heteroatoms. The van der Waals surface area contributed by atoms with Crippen LogP contribution in [0.1, 0.15) is 0 Å². The molecule has 0 N–H and O–H groups in total. The van der Waals surface area contributed by atoms with E-state index in [1.54, 1.807) is 12.1 Å². The van der Waals surface area contributed by atoms with Crippen LogP contribution in [0.3, 0.4) is 0 Å². The second-order valence-corrected chi connectivity index (χ2v) is 5.66. The second kappa shape index (κ2) is 4.91. The molecule has 0 amide bonds. The smallest absolute Gasteiger partial charge is 0.766 e. The van der Waals surface area contributed by atoms with E-state index in [-0.39, 0.29) is 34.5 Å². The first-order chi connectivity index (χ1) is 6.57. The minimum Gasteiger partial charge on any atom is -0.766 e. The molecule has 0 aliphatic heterocycles. The van der Waals surface area contributed by atoms with Crippen molar-refractivity contribution >= 4 is 30.7 Å². The van der Waals surface area contributed by atoms with Gasteiger partial charge in [-0.05, 0) is 42.9 Å². The zero-order valence-electron chi connectivity index (χ0n) is 8.17. The summed E-state index contributed by atoms with van der Waals surface area (Å²) < 4.78 is 22.2. The molecule has 15 heavy (non-hydrogen) atoms. The zero-order chi connectivity index (χ0) is 10.2. The zero-order valence-corrected chi connectivity index (χ0v) is 11.8. The van der Waals surface area contributed by atoms with Crippen molar-refractivity contribution in [3.63, 3.8) is 0 Å². The molecule has 2 aromatic carbocycles. The third kappa shape index (κ3) is 3.00. The molecule has 0 saturated carbocycles. The van der Waals surface area contributed by atoms with E-state index in [1.807, 2.05) is 24.3 Å². The van der Waals surface area contributed by atoms with Crippen LogP contribution >= 0.6 is 0 Å². The van der Waals surface area contributed by atoms with Crippen molar-refractivity contribution in [1.82, 2.24) is 0 Å². The fourth-order valence-electron chi connectivity index (χ4n) is 1.32. The monoisotopic (exact) mass is 246 g/mol. The van der Waals surface area contributed by atoms with Crippen LogP contribution in [0.25, 0.3) is 10.8 Å². The van der Waals surface area contributed by atoms with Crippen LogP contribution in [0.4, 0.5) is 0 Å². The standard InChI is InChI=1S/C10H8O2S2.Na/c11-14(12,13)10-6-5-8-3-1-2-4-9(8)7-10;/h1-7H,(H,11,12,13);/q;+1/p-1. The van der Waals surface area contributed by atoms with Gasteiger partial charge in [-0.2, -0.15) is 0 Å². The summed E-state index contributed by atoms with van der Waals surface area (Å²) in [6.07, 6.45) is 0. The van der Waals surface area contributed by atoms with E-state index in [0.29, 0.717) is 0 Å². The van der Waals surface area contributed by atoms with Gasteiger partial charge in [0.1, 0.15) is 0 Å². The number of fused-ring (bicyclic) bond motifs is 1. The molecule has 0 heterocycles. The van der Waals surface area contributed by atoms with Gasteiger partial charge in [-0.1, -0.05) is 30.3 Å². The molecule has 2 nitrogen and oxygen atoms in total. The predicted molar refractivity (Wildman–Crippen MR) is 58.5 cm³/mol. The fraction of sp³-hybridized carbons (Fsp3) is 0. The largest absolute Gasteiger partial charge is 1.00 e. The van der Waals surface area contributed by atoms with Crippen molar-refractivity contribution in [2.45, 2.75) is 4.90 Å². The second-order valence-electron chi connectivity index (χ2n) is 2.96. The van der Waals surface area contributed by atoms with Crippen molar-refractivity contribution in [2.24, 2.45) is 0 Å². The third-order valence-corrected chi connectivity index (χ3v) is 3.42. The first kappa shape index (κ1) is 13.1. The first-order valence-corrected chi connectivity index (χ1v) is 6.43. The molecule has 2 aromatic rings. The number of rotatable bonds is 1. The summed E-state index contributed by atoms with van der Waals surface area (Å²) in [6.45, 7) is 0. The minimum atomic E-state index is -3.51. The maximum atomic E-state index is 11.1. The van der Waals surface area contributed by atoms with Gasteiger partial charge in [0.2, 0.25) is 0 Å². The Kier molecular flexibility index (Phi) is 4.29. The molecule has 1 atom stereocenters. The molecule has 0 spiro atoms. The average molecular weight is 246 g/mol. The van der Waals surface area contributed by atoms with E-state index in [9.17, 15) is 8.76 Å². The van der Waals surface area contributed by atoms with Gasteiger partial charge in [-0.15, -0.1) is 0 Å². The van der Waals surface area contributed by atoms with Crippen molar-refractivity contribution in [3.8, 4) is 0 Å². The molecule has 0 bridgehead atoms. The van der Waals surface area contributed by atoms with Crippen LogP contribution in [0.15, 0.2) is 47.4 Å². The van der Waals surface area contributed by atoms with E-state index in [0.717, 1.165) is 10.8 Å². The molecule has 0 radical (unpaired) electrons. The van der Waals surface area contributed by atoms with Crippen molar-refractivity contribution in [3.05, 3.63) is 42.5 Å². The van der Waals surface area contributed by atoms with Gasteiger partial charge in [0.25, 0.3) is 0 Å². The van der Waals surface area contributed by atoms with Crippen LogP contribution in [0.5, 0.6) is 0 Å². The van der Waals surface area contributed by atoms with Gasteiger partial charge in [-0.3, -0.25) is 4.21 Å². The van der Waals surface area contributed by atoms with Crippen LogP contribution in [0.2, 0.25) is 0 Å². The topological polar surface area (TPSA) is 40.1 Å². The Hall–Kier alpha value is 0.0300. The van der Waals surface area contributed by atoms with E-state index >= 15 is 0 Å². The molecule has 0 aromatic heterocycles. The van der Waals surface area contributed by atoms with E-state index in [1.165, 1.54) is 6.07 Å². The van der Waals surface area contributed by atoms with Crippen molar-refractivity contribution < 1.29 is 38.3 Å². The van der Waals surface area contributed by atoms with E-state index in [2.05, 4.69) is 11.2 Å². The van der Waals surface area contributed by atoms with E-state index < -0.39 is 8.77 Å². The van der Waals surface area contributed by atoms with Gasteiger partial charge < -0.3 is 4.55 Å². The molecular formula is C10H7NaO2S2. The van der Waals surface area contributed by atoms with Crippen molar-refractivity contribution in [2.75, 3.05) is 0 Å². The van der Waals surface area contributed by atoms with Gasteiger partial charge in [0, 0.05) is 4.90 Å². The Balaban J connectivity index is 0.00000112. The van der Waals surface area contributed by atoms with Crippen LogP contribution in [-0.2, 0) is 20.0 Å². The summed E-state index contributed by atoms with van der Waals surface area (Å²) in [4.78, 5) is 0.186. The Morgan fingerprint density at radius 3 is 2.27 bits per heavy atom. The van der Waals surface area contributed by atoms with Crippen molar-refractivity contribution in [1.29, 1.82) is 0 Å². The van der Waals surface area contributed by atoms with Gasteiger partial charge in [-0.25, -0.2) is 0 Å². The summed E-state index contributed by atoms with van der Waals surface area (Å²) in [5.74, 6) is 0. The molecule has 72 valence electrons. The first-order valence-electron chi connectivity index (χ1n) is 4.02. The molecule has 0 saturated heterocycles. The summed E-state index contributed by atoms with van der Waals surface area (Å²) in [6, 6.07) is 12.4. The number of hydrogen-bond acceptors (Lipinski definition) is 3. The number of benzene rings is 2. The summed E-state index contributed by atoms with van der Waals surface area (Å²) in [7, 11) is -3.51. The molecule has 1 unspecified atom stereocenters. The molecule has 2 rings (SSSR count). The number of hydrogen-bond donors (Lipinski definition) is 0. The van der Waals surface area contributed by atoms with Crippen LogP contribution in [-0.4, -0.2) is 8.76 Å². The minimum absolute atomic E-state index is 0. The molecule has 0 aliphatic carbocycles. The SMILES string of the molecule is O=S([O-])(=S)c1ccc2ccccc2c1.[Na+]. The fourth-order valence-corrected chi connectivity index (χ4v) is 2.14. The maximum absolute atomic E-state index is 11.1. The van der Waals surface area contributed by atoms with Crippen LogP contribution < -0.4 is 29.6 Å². The van der Waals surface area contributed by atoms with Gasteiger partial charge in [0.15, 0.2) is 0 Å². The Labute approximate surface area is 115 Å². The predicted octanol–water partition coefficient (Wildman–Crippen LogP) is -0.921. The molecule has 0 aliphatic rings. The summed E-state index contributed by atoms with van der Waals surface area (Å²) in [5, 5.41) is 1.90. The summed E-state index contributed by atoms with van der Waals surface area (Å²) in [5.41, 5.74) is 0.